The molecule has 2 unspecified atom stereocenters. The maximum atomic E-state index is 12.7. The lowest BCUT2D eigenvalue weighted by Gasteiger charge is -2.19. The number of fused-ring (bicyclic) bond motifs is 10. The molecular formula is C13H17BrN4O12P2. The molecule has 1 fully saturated rings. The third kappa shape index (κ3) is 4.75. The molecule has 1 saturated heterocycles. The van der Waals surface area contributed by atoms with Crippen LogP contribution in [0.25, 0.3) is 11.2 Å². The molecule has 2 aromatic heterocycles. The van der Waals surface area contributed by atoms with Crippen LogP contribution in [0.2, 0.25) is 0 Å². The van der Waals surface area contributed by atoms with Gasteiger partial charge in [-0.15, -0.1) is 0 Å². The number of hydrogen-bond acceptors (Lipinski definition) is 12. The largest absolute Gasteiger partial charge is 0.481 e. The fourth-order valence-electron chi connectivity index (χ4n) is 3.09. The molecule has 3 aliphatic heterocycles. The Morgan fingerprint density at radius 1 is 1.12 bits per heavy atom. The van der Waals surface area contributed by atoms with Gasteiger partial charge in [-0.2, -0.15) is 4.31 Å². The minimum atomic E-state index is -5.13. The van der Waals surface area contributed by atoms with Crippen molar-refractivity contribution in [2.75, 3.05) is 19.8 Å². The summed E-state index contributed by atoms with van der Waals surface area (Å²) in [7, 11) is -10.2. The molecule has 0 saturated carbocycles. The normalized spacial score (nSPS) is 37.0. The number of aliphatic hydroxyl groups excluding tert-OH is 2. The lowest BCUT2D eigenvalue weighted by Crippen LogP contribution is -2.33. The zero-order valence-corrected chi connectivity index (χ0v) is 19.2. The summed E-state index contributed by atoms with van der Waals surface area (Å²) in [5, 5.41) is 20.8. The number of hydrogen-bond donors (Lipinski definition) is 4. The predicted octanol–water partition coefficient (Wildman–Crippen LogP) is -0.787. The van der Waals surface area contributed by atoms with Gasteiger partial charge in [0.1, 0.15) is 31.4 Å². The molecule has 5 rings (SSSR count). The fourth-order valence-corrected chi connectivity index (χ4v) is 5.70. The molecule has 6 atom stereocenters. The maximum Gasteiger partial charge on any atom is 0.481 e. The Morgan fingerprint density at radius 2 is 1.84 bits per heavy atom. The van der Waals surface area contributed by atoms with Crippen LogP contribution in [0.15, 0.2) is 15.9 Å². The van der Waals surface area contributed by atoms with Crippen LogP contribution in [-0.2, 0) is 38.7 Å². The van der Waals surface area contributed by atoms with Crippen molar-refractivity contribution in [3.63, 3.8) is 0 Å². The molecule has 5 heterocycles. The summed E-state index contributed by atoms with van der Waals surface area (Å²) < 4.78 is 50.2. The molecule has 32 heavy (non-hydrogen) atoms. The van der Waals surface area contributed by atoms with E-state index >= 15 is 0 Å². The highest BCUT2D eigenvalue weighted by atomic mass is 79.9. The zero-order chi connectivity index (χ0) is 23.3. The van der Waals surface area contributed by atoms with Crippen LogP contribution in [0.5, 0.6) is 0 Å². The maximum absolute atomic E-state index is 12.7. The van der Waals surface area contributed by atoms with Crippen LogP contribution in [-0.4, -0.2) is 77.2 Å². The highest BCUT2D eigenvalue weighted by Gasteiger charge is 2.47. The summed E-state index contributed by atoms with van der Waals surface area (Å²) in [5.74, 6) is 0. The van der Waals surface area contributed by atoms with Gasteiger partial charge in [0.05, 0.1) is 19.8 Å². The molecule has 16 nitrogen and oxygen atoms in total. The summed E-state index contributed by atoms with van der Waals surface area (Å²) >= 11 is 3.16. The van der Waals surface area contributed by atoms with Gasteiger partial charge < -0.3 is 29.5 Å². The van der Waals surface area contributed by atoms with E-state index in [1.54, 1.807) is 0 Å². The topological polar surface area (TPSA) is 214 Å². The molecule has 0 radical (unpaired) electrons. The van der Waals surface area contributed by atoms with Crippen molar-refractivity contribution in [1.29, 1.82) is 0 Å². The van der Waals surface area contributed by atoms with Crippen molar-refractivity contribution >= 4 is 42.7 Å². The second-order valence-corrected chi connectivity index (χ2v) is 10.4. The first-order valence-corrected chi connectivity index (χ1v) is 12.7. The molecule has 0 aromatic carbocycles. The van der Waals surface area contributed by atoms with E-state index in [9.17, 15) is 33.9 Å². The van der Waals surface area contributed by atoms with Gasteiger partial charge in [0.15, 0.2) is 22.1 Å². The number of phosphoric ester groups is 2. The number of aliphatic hydroxyl groups is 2. The van der Waals surface area contributed by atoms with Gasteiger partial charge in [-0.3, -0.25) is 23.0 Å². The van der Waals surface area contributed by atoms with E-state index in [4.69, 9.17) is 9.47 Å². The summed E-state index contributed by atoms with van der Waals surface area (Å²) in [6.07, 6.45) is -4.73. The molecule has 0 amide bonds. The van der Waals surface area contributed by atoms with Gasteiger partial charge in [0, 0.05) is 0 Å². The van der Waals surface area contributed by atoms with E-state index in [2.05, 4.69) is 39.3 Å². The number of rotatable bonds is 0. The standard InChI is InChI=1S/C13H17BrN4O12P2/c14-13-16-7-10-15-4-17(11(7)21)5-26-1-2-27-31(22,23)30-32(24,25)28-3-6-8(19)9(20)12(29-6)18(10)13/h4,6,8-9,12,19-20H,1-3,5H2,(H,22,23)(H,24,25)/t6-,8-,9-,12-/m1/s1. The van der Waals surface area contributed by atoms with Crippen molar-refractivity contribution in [1.82, 2.24) is 19.1 Å². The third-order valence-corrected chi connectivity index (χ3v) is 7.73. The quantitative estimate of drug-likeness (QED) is 0.229. The summed E-state index contributed by atoms with van der Waals surface area (Å²) in [6.45, 7) is -1.95. The van der Waals surface area contributed by atoms with Gasteiger partial charge in [0.2, 0.25) is 0 Å². The summed E-state index contributed by atoms with van der Waals surface area (Å²) in [5.41, 5.74) is -0.669. The van der Waals surface area contributed by atoms with Crippen LogP contribution >= 0.6 is 31.6 Å². The Morgan fingerprint density at radius 3 is 2.59 bits per heavy atom. The number of aromatic nitrogens is 4. The lowest BCUT2D eigenvalue weighted by atomic mass is 10.1. The molecule has 3 aliphatic rings. The zero-order valence-electron chi connectivity index (χ0n) is 15.8. The first-order valence-electron chi connectivity index (χ1n) is 8.87. The average Bonchev–Trinajstić information content (AvgIpc) is 3.17. The third-order valence-electron chi connectivity index (χ3n) is 4.54. The van der Waals surface area contributed by atoms with Crippen molar-refractivity contribution in [2.24, 2.45) is 0 Å². The second kappa shape index (κ2) is 8.94. The van der Waals surface area contributed by atoms with Crippen LogP contribution in [0.4, 0.5) is 0 Å². The second-order valence-electron chi connectivity index (χ2n) is 6.67. The Kier molecular flexibility index (Phi) is 6.72. The summed E-state index contributed by atoms with van der Waals surface area (Å²) in [6, 6.07) is 0. The highest BCUT2D eigenvalue weighted by molar-refractivity contribution is 9.10. The Bertz CT molecular complexity index is 1170. The van der Waals surface area contributed by atoms with Gasteiger partial charge in [-0.25, -0.2) is 19.1 Å². The molecule has 19 heteroatoms. The average molecular weight is 563 g/mol. The Labute approximate surface area is 186 Å². The number of ether oxygens (including phenoxy) is 2. The van der Waals surface area contributed by atoms with E-state index in [-0.39, 0.29) is 29.2 Å². The number of imidazole rings is 1. The smallest absolute Gasteiger partial charge is 0.387 e. The first kappa shape index (κ1) is 24.1. The minimum Gasteiger partial charge on any atom is -0.387 e. The van der Waals surface area contributed by atoms with E-state index in [1.165, 1.54) is 4.57 Å². The Hall–Kier alpha value is -1.07. The molecule has 178 valence electrons. The van der Waals surface area contributed by atoms with Crippen molar-refractivity contribution in [3.8, 4) is 0 Å². The SMILES string of the molecule is O=c1c2nc(Br)n3c2ncn1COCCOP(=O)(O)OP(=O)(O)OC[C@H]1O[C@@H]3[C@H](O)[C@@H]1O. The minimum absolute atomic E-state index is 0.0257. The fraction of sp³-hybridized carbons (Fsp3) is 0.615. The summed E-state index contributed by atoms with van der Waals surface area (Å²) in [4.78, 5) is 40.2. The van der Waals surface area contributed by atoms with E-state index < -0.39 is 59.0 Å². The number of nitrogens with zero attached hydrogens (tertiary/aromatic N) is 4. The van der Waals surface area contributed by atoms with Crippen molar-refractivity contribution in [2.45, 2.75) is 31.3 Å². The first-order chi connectivity index (χ1) is 15.0. The molecule has 6 bridgehead atoms. The van der Waals surface area contributed by atoms with E-state index in [0.29, 0.717) is 0 Å². The van der Waals surface area contributed by atoms with Gasteiger partial charge in [0.25, 0.3) is 5.56 Å². The lowest BCUT2D eigenvalue weighted by molar-refractivity contribution is -0.0515. The van der Waals surface area contributed by atoms with Crippen molar-refractivity contribution in [3.05, 3.63) is 21.4 Å². The van der Waals surface area contributed by atoms with Crippen LogP contribution in [0, 0.1) is 0 Å². The molecule has 2 aromatic rings. The van der Waals surface area contributed by atoms with Crippen LogP contribution < -0.4 is 5.56 Å². The van der Waals surface area contributed by atoms with E-state index in [1.807, 2.05) is 0 Å². The van der Waals surface area contributed by atoms with Gasteiger partial charge >= 0.3 is 15.6 Å². The number of halogens is 1. The predicted molar refractivity (Wildman–Crippen MR) is 104 cm³/mol. The van der Waals surface area contributed by atoms with Crippen molar-refractivity contribution < 1.29 is 52.0 Å². The molecule has 0 spiro atoms. The highest BCUT2D eigenvalue weighted by Crippen LogP contribution is 2.60. The molecule has 4 N–H and O–H groups in total. The monoisotopic (exact) mass is 562 g/mol. The van der Waals surface area contributed by atoms with Gasteiger partial charge in [-0.05, 0) is 15.9 Å². The van der Waals surface area contributed by atoms with Crippen LogP contribution in [0.3, 0.4) is 0 Å². The van der Waals surface area contributed by atoms with Gasteiger partial charge in [-0.1, -0.05) is 0 Å². The Balaban J connectivity index is 1.72. The molecular weight excluding hydrogens is 546 g/mol. The number of phosphoric acid groups is 2. The molecule has 0 aliphatic carbocycles. The van der Waals surface area contributed by atoms with E-state index in [0.717, 1.165) is 10.9 Å². The van der Waals surface area contributed by atoms with Crippen LogP contribution in [0.1, 0.15) is 6.23 Å².